The first-order valence-corrected chi connectivity index (χ1v) is 8.98. The van der Waals surface area contributed by atoms with E-state index in [4.69, 9.17) is 9.47 Å². The molecule has 0 aromatic heterocycles. The van der Waals surface area contributed by atoms with Crippen molar-refractivity contribution in [3.63, 3.8) is 0 Å². The van der Waals surface area contributed by atoms with Crippen molar-refractivity contribution in [2.24, 2.45) is 0 Å². The Bertz CT molecular complexity index is 660. The van der Waals surface area contributed by atoms with Crippen LogP contribution >= 0.6 is 0 Å². The van der Waals surface area contributed by atoms with Gasteiger partial charge in [0.2, 0.25) is 0 Å². The number of rotatable bonds is 6. The molecule has 4 heteroatoms. The Kier molecular flexibility index (Phi) is 6.31. The minimum atomic E-state index is 0.885. The van der Waals surface area contributed by atoms with Gasteiger partial charge in [0.15, 0.2) is 0 Å². The van der Waals surface area contributed by atoms with Crippen LogP contribution in [0, 0.1) is 0 Å². The van der Waals surface area contributed by atoms with Crippen LogP contribution in [0.25, 0.3) is 0 Å². The number of nitrogens with zero attached hydrogens (tertiary/aromatic N) is 2. The van der Waals surface area contributed by atoms with Crippen molar-refractivity contribution in [1.82, 2.24) is 9.80 Å². The summed E-state index contributed by atoms with van der Waals surface area (Å²) < 4.78 is 10.9. The first kappa shape index (κ1) is 17.8. The predicted octanol–water partition coefficient (Wildman–Crippen LogP) is 3.41. The fourth-order valence-electron chi connectivity index (χ4n) is 3.43. The van der Waals surface area contributed by atoms with Gasteiger partial charge in [-0.25, -0.2) is 0 Å². The molecule has 0 saturated carbocycles. The van der Waals surface area contributed by atoms with Crippen molar-refractivity contribution in [3.8, 4) is 11.5 Å². The Morgan fingerprint density at radius 3 is 2.20 bits per heavy atom. The van der Waals surface area contributed by atoms with E-state index in [1.54, 1.807) is 14.2 Å². The molecule has 1 heterocycles. The van der Waals surface area contributed by atoms with E-state index in [0.717, 1.165) is 50.8 Å². The highest BCUT2D eigenvalue weighted by Gasteiger charge is 2.17. The third-order valence-electron chi connectivity index (χ3n) is 4.81. The van der Waals surface area contributed by atoms with Gasteiger partial charge in [0.1, 0.15) is 11.5 Å². The average molecular weight is 340 g/mol. The van der Waals surface area contributed by atoms with E-state index < -0.39 is 0 Å². The molecule has 0 bridgehead atoms. The lowest BCUT2D eigenvalue weighted by atomic mass is 10.1. The molecule has 0 amide bonds. The molecular weight excluding hydrogens is 312 g/mol. The van der Waals surface area contributed by atoms with Crippen molar-refractivity contribution in [1.29, 1.82) is 0 Å². The first-order valence-electron chi connectivity index (χ1n) is 8.98. The van der Waals surface area contributed by atoms with Crippen LogP contribution in [0.15, 0.2) is 48.5 Å². The molecule has 0 atom stereocenters. The fourth-order valence-corrected chi connectivity index (χ4v) is 3.43. The summed E-state index contributed by atoms with van der Waals surface area (Å²) in [5, 5.41) is 0. The number of hydrogen-bond donors (Lipinski definition) is 0. The molecule has 4 nitrogen and oxygen atoms in total. The van der Waals surface area contributed by atoms with Gasteiger partial charge in [-0.2, -0.15) is 0 Å². The van der Waals surface area contributed by atoms with Gasteiger partial charge in [-0.15, -0.1) is 0 Å². The molecule has 1 aliphatic heterocycles. The largest absolute Gasteiger partial charge is 0.497 e. The highest BCUT2D eigenvalue weighted by molar-refractivity contribution is 5.40. The summed E-state index contributed by atoms with van der Waals surface area (Å²) >= 11 is 0. The molecule has 1 saturated heterocycles. The Morgan fingerprint density at radius 2 is 1.52 bits per heavy atom. The van der Waals surface area contributed by atoms with Crippen molar-refractivity contribution in [3.05, 3.63) is 59.7 Å². The van der Waals surface area contributed by atoms with Crippen molar-refractivity contribution in [2.45, 2.75) is 19.5 Å². The number of methoxy groups -OCH3 is 2. The second-order valence-corrected chi connectivity index (χ2v) is 6.57. The lowest BCUT2D eigenvalue weighted by Crippen LogP contribution is -2.30. The maximum atomic E-state index is 5.53. The van der Waals surface area contributed by atoms with Crippen LogP contribution in [0.1, 0.15) is 17.5 Å². The summed E-state index contributed by atoms with van der Waals surface area (Å²) in [7, 11) is 3.44. The van der Waals surface area contributed by atoms with Gasteiger partial charge in [-0.3, -0.25) is 9.80 Å². The summed E-state index contributed by atoms with van der Waals surface area (Å²) in [6, 6.07) is 16.8. The topological polar surface area (TPSA) is 24.9 Å². The molecule has 0 unspecified atom stereocenters. The molecular formula is C21H28N2O2. The summed E-state index contributed by atoms with van der Waals surface area (Å²) in [6.45, 7) is 6.39. The predicted molar refractivity (Wildman–Crippen MR) is 101 cm³/mol. The number of benzene rings is 2. The third-order valence-corrected chi connectivity index (χ3v) is 4.81. The summed E-state index contributed by atoms with van der Waals surface area (Å²) in [4.78, 5) is 5.07. The van der Waals surface area contributed by atoms with E-state index in [1.165, 1.54) is 17.5 Å². The Hall–Kier alpha value is -2.04. The molecule has 0 N–H and O–H groups in total. The van der Waals surface area contributed by atoms with E-state index in [9.17, 15) is 0 Å². The van der Waals surface area contributed by atoms with Crippen molar-refractivity contribution < 1.29 is 9.47 Å². The zero-order valence-electron chi connectivity index (χ0n) is 15.3. The highest BCUT2D eigenvalue weighted by Crippen LogP contribution is 2.25. The molecule has 2 aromatic carbocycles. The van der Waals surface area contributed by atoms with E-state index >= 15 is 0 Å². The van der Waals surface area contributed by atoms with E-state index in [0.29, 0.717) is 0 Å². The fraction of sp³-hybridized carbons (Fsp3) is 0.429. The van der Waals surface area contributed by atoms with E-state index in [2.05, 4.69) is 46.2 Å². The van der Waals surface area contributed by atoms with Crippen LogP contribution < -0.4 is 9.47 Å². The first-order chi connectivity index (χ1) is 12.3. The smallest absolute Gasteiger partial charge is 0.123 e. The molecule has 134 valence electrons. The standard InChI is InChI=1S/C21H28N2O2/c1-24-20-9-10-21(25-2)19(15-20)17-23-12-6-11-22(13-14-23)16-18-7-4-3-5-8-18/h3-5,7-10,15H,6,11-14,16-17H2,1-2H3. The Morgan fingerprint density at radius 1 is 0.800 bits per heavy atom. The number of ether oxygens (including phenoxy) is 2. The molecule has 1 fully saturated rings. The normalized spacial score (nSPS) is 16.4. The van der Waals surface area contributed by atoms with Crippen LogP contribution in [0.2, 0.25) is 0 Å². The monoisotopic (exact) mass is 340 g/mol. The molecule has 3 rings (SSSR count). The van der Waals surface area contributed by atoms with Gasteiger partial charge in [-0.1, -0.05) is 30.3 Å². The van der Waals surface area contributed by atoms with Gasteiger partial charge in [0.05, 0.1) is 14.2 Å². The van der Waals surface area contributed by atoms with Crippen LogP contribution in [0.3, 0.4) is 0 Å². The maximum absolute atomic E-state index is 5.53. The van der Waals surface area contributed by atoms with Crippen LogP contribution in [0.4, 0.5) is 0 Å². The molecule has 0 spiro atoms. The van der Waals surface area contributed by atoms with Crippen molar-refractivity contribution in [2.75, 3.05) is 40.4 Å². The quantitative estimate of drug-likeness (QED) is 0.804. The SMILES string of the molecule is COc1ccc(OC)c(CN2CCCN(Cc3ccccc3)CC2)c1. The second-order valence-electron chi connectivity index (χ2n) is 6.57. The lowest BCUT2D eigenvalue weighted by molar-refractivity contribution is 0.244. The highest BCUT2D eigenvalue weighted by atomic mass is 16.5. The average Bonchev–Trinajstić information content (AvgIpc) is 2.88. The minimum absolute atomic E-state index is 0.885. The van der Waals surface area contributed by atoms with Gasteiger partial charge in [0.25, 0.3) is 0 Å². The molecule has 1 aliphatic rings. The van der Waals surface area contributed by atoms with Crippen LogP contribution in [-0.2, 0) is 13.1 Å². The minimum Gasteiger partial charge on any atom is -0.497 e. The number of hydrogen-bond acceptors (Lipinski definition) is 4. The van der Waals surface area contributed by atoms with Crippen molar-refractivity contribution >= 4 is 0 Å². The molecule has 25 heavy (non-hydrogen) atoms. The summed E-state index contributed by atoms with van der Waals surface area (Å²) in [5.74, 6) is 1.82. The van der Waals surface area contributed by atoms with Gasteiger partial charge in [-0.05, 0) is 43.3 Å². The zero-order chi connectivity index (χ0) is 17.5. The van der Waals surface area contributed by atoms with Crippen LogP contribution in [-0.4, -0.2) is 50.2 Å². The van der Waals surface area contributed by atoms with E-state index in [-0.39, 0.29) is 0 Å². The Balaban J connectivity index is 1.60. The molecule has 2 aromatic rings. The molecule has 0 aliphatic carbocycles. The van der Waals surface area contributed by atoms with E-state index in [1.807, 2.05) is 12.1 Å². The van der Waals surface area contributed by atoms with Gasteiger partial charge >= 0.3 is 0 Å². The second kappa shape index (κ2) is 8.88. The summed E-state index contributed by atoms with van der Waals surface area (Å²) in [5.41, 5.74) is 2.59. The zero-order valence-corrected chi connectivity index (χ0v) is 15.3. The molecule has 0 radical (unpaired) electrons. The van der Waals surface area contributed by atoms with Gasteiger partial charge in [0, 0.05) is 31.7 Å². The maximum Gasteiger partial charge on any atom is 0.123 e. The summed E-state index contributed by atoms with van der Waals surface area (Å²) in [6.07, 6.45) is 1.19. The van der Waals surface area contributed by atoms with Crippen LogP contribution in [0.5, 0.6) is 11.5 Å². The lowest BCUT2D eigenvalue weighted by Gasteiger charge is -2.23. The van der Waals surface area contributed by atoms with Gasteiger partial charge < -0.3 is 9.47 Å². The Labute approximate surface area is 151 Å². The third kappa shape index (κ3) is 4.97.